The average molecular weight is 278 g/mol. The van der Waals surface area contributed by atoms with Gasteiger partial charge in [0.2, 0.25) is 5.91 Å². The molecule has 1 rings (SSSR count). The van der Waals surface area contributed by atoms with Crippen LogP contribution in [0.1, 0.15) is 4.88 Å². The lowest BCUT2D eigenvalue weighted by atomic mass is 10.3. The van der Waals surface area contributed by atoms with Gasteiger partial charge in [0, 0.05) is 18.5 Å². The van der Waals surface area contributed by atoms with Crippen molar-refractivity contribution in [2.45, 2.75) is 6.42 Å². The molecule has 0 aliphatic heterocycles. The largest absolute Gasteiger partial charge is 0.395 e. The van der Waals surface area contributed by atoms with Crippen molar-refractivity contribution >= 4 is 33.2 Å². The second-order valence-electron chi connectivity index (χ2n) is 2.92. The fraction of sp³-hybridized carbons (Fsp3) is 0.444. The Labute approximate surface area is 95.5 Å². The van der Waals surface area contributed by atoms with Crippen LogP contribution in [0.4, 0.5) is 0 Å². The third-order valence-corrected chi connectivity index (χ3v) is 3.44. The molecule has 1 amide bonds. The van der Waals surface area contributed by atoms with Crippen molar-refractivity contribution in [1.29, 1.82) is 0 Å². The number of carbonyl (C=O) groups is 1. The Morgan fingerprint density at radius 1 is 1.64 bits per heavy atom. The summed E-state index contributed by atoms with van der Waals surface area (Å²) in [4.78, 5) is 14.1. The fourth-order valence-corrected chi connectivity index (χ4v) is 2.48. The van der Waals surface area contributed by atoms with Crippen molar-refractivity contribution < 1.29 is 9.90 Å². The van der Waals surface area contributed by atoms with Crippen LogP contribution in [0, 0.1) is 0 Å². The van der Waals surface area contributed by atoms with Crippen LogP contribution in [0.15, 0.2) is 15.9 Å². The summed E-state index contributed by atoms with van der Waals surface area (Å²) < 4.78 is 1.03. The number of aliphatic hydroxyl groups is 1. The second-order valence-corrected chi connectivity index (χ2v) is 5.47. The molecule has 1 N–H and O–H groups in total. The molecule has 1 aromatic heterocycles. The highest BCUT2D eigenvalue weighted by molar-refractivity contribution is 9.11. The van der Waals surface area contributed by atoms with E-state index < -0.39 is 0 Å². The van der Waals surface area contributed by atoms with Gasteiger partial charge in [0.1, 0.15) is 0 Å². The standard InChI is InChI=1S/C9H12BrNO2S/c1-11(4-5-12)9(13)6-7-2-3-8(10)14-7/h2-3,12H,4-6H2,1H3. The predicted molar refractivity (Wildman–Crippen MR) is 60.4 cm³/mol. The summed E-state index contributed by atoms with van der Waals surface area (Å²) in [5.41, 5.74) is 0. The minimum absolute atomic E-state index is 0.0103. The molecule has 0 bridgehead atoms. The molecule has 0 radical (unpaired) electrons. The van der Waals surface area contributed by atoms with Gasteiger partial charge in [0.15, 0.2) is 0 Å². The van der Waals surface area contributed by atoms with Crippen LogP contribution >= 0.6 is 27.3 Å². The SMILES string of the molecule is CN(CCO)C(=O)Cc1ccc(Br)s1. The zero-order valence-electron chi connectivity index (χ0n) is 7.86. The van der Waals surface area contributed by atoms with E-state index >= 15 is 0 Å². The Bertz CT molecular complexity index is 314. The molecule has 0 aliphatic rings. The fourth-order valence-electron chi connectivity index (χ4n) is 1.01. The third kappa shape index (κ3) is 3.40. The summed E-state index contributed by atoms with van der Waals surface area (Å²) in [5.74, 6) is 0.0356. The summed E-state index contributed by atoms with van der Waals surface area (Å²) in [6, 6.07) is 3.86. The van der Waals surface area contributed by atoms with Crippen molar-refractivity contribution in [1.82, 2.24) is 4.90 Å². The molecular formula is C9H12BrNO2S. The highest BCUT2D eigenvalue weighted by Gasteiger charge is 2.09. The Balaban J connectivity index is 2.48. The van der Waals surface area contributed by atoms with Crippen molar-refractivity contribution in [3.63, 3.8) is 0 Å². The van der Waals surface area contributed by atoms with E-state index in [1.54, 1.807) is 18.4 Å². The van der Waals surface area contributed by atoms with Gasteiger partial charge in [-0.3, -0.25) is 4.79 Å². The molecule has 0 aromatic carbocycles. The molecule has 0 atom stereocenters. The number of thiophene rings is 1. The minimum Gasteiger partial charge on any atom is -0.395 e. The molecule has 5 heteroatoms. The monoisotopic (exact) mass is 277 g/mol. The molecule has 0 saturated heterocycles. The van der Waals surface area contributed by atoms with Crippen LogP contribution in [0.3, 0.4) is 0 Å². The lowest BCUT2D eigenvalue weighted by Gasteiger charge is -2.14. The smallest absolute Gasteiger partial charge is 0.227 e. The zero-order valence-corrected chi connectivity index (χ0v) is 10.3. The molecule has 1 heterocycles. The van der Waals surface area contributed by atoms with Gasteiger partial charge in [-0.25, -0.2) is 0 Å². The Morgan fingerprint density at radius 2 is 2.36 bits per heavy atom. The molecule has 0 fully saturated rings. The van der Waals surface area contributed by atoms with E-state index in [0.717, 1.165) is 8.66 Å². The minimum atomic E-state index is 0.0103. The summed E-state index contributed by atoms with van der Waals surface area (Å²) in [6.07, 6.45) is 0.409. The molecule has 1 aromatic rings. The van der Waals surface area contributed by atoms with Crippen LogP contribution in [0.5, 0.6) is 0 Å². The highest BCUT2D eigenvalue weighted by Crippen LogP contribution is 2.22. The number of amides is 1. The van der Waals surface area contributed by atoms with Crippen molar-refractivity contribution in [2.75, 3.05) is 20.2 Å². The van der Waals surface area contributed by atoms with Crippen molar-refractivity contribution in [2.24, 2.45) is 0 Å². The van der Waals surface area contributed by atoms with E-state index in [1.807, 2.05) is 12.1 Å². The number of rotatable bonds is 4. The van der Waals surface area contributed by atoms with Gasteiger partial charge in [0.05, 0.1) is 16.8 Å². The predicted octanol–water partition coefficient (Wildman–Crippen LogP) is 1.50. The highest BCUT2D eigenvalue weighted by atomic mass is 79.9. The lowest BCUT2D eigenvalue weighted by Crippen LogP contribution is -2.30. The van der Waals surface area contributed by atoms with Crippen LogP contribution in [0.2, 0.25) is 0 Å². The number of carbonyl (C=O) groups excluding carboxylic acids is 1. The number of hydrogen-bond donors (Lipinski definition) is 1. The summed E-state index contributed by atoms with van der Waals surface area (Å²) in [5, 5.41) is 8.66. The maximum atomic E-state index is 11.5. The Morgan fingerprint density at radius 3 is 2.86 bits per heavy atom. The molecule has 0 saturated carbocycles. The molecule has 0 aliphatic carbocycles. The van der Waals surface area contributed by atoms with E-state index in [0.29, 0.717) is 13.0 Å². The van der Waals surface area contributed by atoms with Gasteiger partial charge in [-0.2, -0.15) is 0 Å². The summed E-state index contributed by atoms with van der Waals surface area (Å²) in [7, 11) is 1.70. The van der Waals surface area contributed by atoms with Gasteiger partial charge in [0.25, 0.3) is 0 Å². The Kier molecular flexibility index (Phi) is 4.57. The molecule has 3 nitrogen and oxygen atoms in total. The average Bonchev–Trinajstić information content (AvgIpc) is 2.51. The first-order valence-electron chi connectivity index (χ1n) is 4.22. The van der Waals surface area contributed by atoms with E-state index in [1.165, 1.54) is 4.90 Å². The van der Waals surface area contributed by atoms with Gasteiger partial charge in [-0.1, -0.05) is 0 Å². The zero-order chi connectivity index (χ0) is 10.6. The van der Waals surface area contributed by atoms with Crippen molar-refractivity contribution in [3.05, 3.63) is 20.8 Å². The molecule has 78 valence electrons. The van der Waals surface area contributed by atoms with E-state index in [4.69, 9.17) is 5.11 Å². The first-order valence-corrected chi connectivity index (χ1v) is 5.83. The first kappa shape index (κ1) is 11.7. The number of hydrogen-bond acceptors (Lipinski definition) is 3. The quantitative estimate of drug-likeness (QED) is 0.906. The first-order chi connectivity index (χ1) is 6.63. The summed E-state index contributed by atoms with van der Waals surface area (Å²) in [6.45, 7) is 0.405. The lowest BCUT2D eigenvalue weighted by molar-refractivity contribution is -0.129. The van der Waals surface area contributed by atoms with Crippen LogP contribution < -0.4 is 0 Å². The third-order valence-electron chi connectivity index (χ3n) is 1.82. The van der Waals surface area contributed by atoms with Gasteiger partial charge in [-0.15, -0.1) is 11.3 Å². The van der Waals surface area contributed by atoms with E-state index in [2.05, 4.69) is 15.9 Å². The topological polar surface area (TPSA) is 40.5 Å². The van der Waals surface area contributed by atoms with E-state index in [9.17, 15) is 4.79 Å². The number of aliphatic hydroxyl groups excluding tert-OH is 1. The molecule has 0 unspecified atom stereocenters. The maximum Gasteiger partial charge on any atom is 0.227 e. The second kappa shape index (κ2) is 5.48. The van der Waals surface area contributed by atoms with Gasteiger partial charge in [-0.05, 0) is 28.1 Å². The van der Waals surface area contributed by atoms with E-state index in [-0.39, 0.29) is 12.5 Å². The van der Waals surface area contributed by atoms with Gasteiger partial charge >= 0.3 is 0 Å². The molecular weight excluding hydrogens is 266 g/mol. The normalized spacial score (nSPS) is 10.2. The number of halogens is 1. The maximum absolute atomic E-state index is 11.5. The van der Waals surface area contributed by atoms with Crippen LogP contribution in [0.25, 0.3) is 0 Å². The number of likely N-dealkylation sites (N-methyl/N-ethyl adjacent to an activating group) is 1. The van der Waals surface area contributed by atoms with Gasteiger partial charge < -0.3 is 10.0 Å². The summed E-state index contributed by atoms with van der Waals surface area (Å²) >= 11 is 4.90. The number of nitrogens with zero attached hydrogens (tertiary/aromatic N) is 1. The molecule has 14 heavy (non-hydrogen) atoms. The van der Waals surface area contributed by atoms with Crippen LogP contribution in [-0.4, -0.2) is 36.1 Å². The van der Waals surface area contributed by atoms with Crippen molar-refractivity contribution in [3.8, 4) is 0 Å². The van der Waals surface area contributed by atoms with Crippen LogP contribution in [-0.2, 0) is 11.2 Å². The Hall–Kier alpha value is -0.390. The molecule has 0 spiro atoms.